The molecule has 350 valence electrons. The fraction of sp³-hybridized carbons (Fsp3) is 0.405. The van der Waals surface area contributed by atoms with Gasteiger partial charge in [0.2, 0.25) is 5.43 Å². The number of anilines is 2. The van der Waals surface area contributed by atoms with Crippen molar-refractivity contribution in [3.05, 3.63) is 98.2 Å². The van der Waals surface area contributed by atoms with Crippen LogP contribution in [0, 0.1) is 17.5 Å². The number of nitrogens with zero attached hydrogens (tertiary/aromatic N) is 8. The summed E-state index contributed by atoms with van der Waals surface area (Å²) >= 11 is 1.35. The number of imidazole rings is 1. The van der Waals surface area contributed by atoms with Gasteiger partial charge in [-0.2, -0.15) is 4.98 Å². The Hall–Kier alpha value is -5.93. The minimum Gasteiger partial charge on any atom is -0.503 e. The number of rotatable bonds is 10. The van der Waals surface area contributed by atoms with Crippen LogP contribution in [0.2, 0.25) is 0 Å². The molecule has 0 unspecified atom stereocenters. The summed E-state index contributed by atoms with van der Waals surface area (Å²) in [5.74, 6) is -4.27. The zero-order valence-corrected chi connectivity index (χ0v) is 36.1. The van der Waals surface area contributed by atoms with E-state index in [-0.39, 0.29) is 42.8 Å². The molecule has 23 nitrogen and oxygen atoms in total. The number of nitrogens with two attached hydrogens (primary N) is 2. The second-order valence-electron chi connectivity index (χ2n) is 14.6. The van der Waals surface area contributed by atoms with Crippen molar-refractivity contribution in [2.75, 3.05) is 36.8 Å². The zero-order chi connectivity index (χ0) is 47.3. The molecule has 28 heteroatoms. The van der Waals surface area contributed by atoms with Crippen LogP contribution in [0.4, 0.5) is 24.8 Å². The van der Waals surface area contributed by atoms with Crippen LogP contribution >= 0.6 is 19.4 Å². The quantitative estimate of drug-likeness (QED) is 0.0954. The number of carbonyl (C=O) groups is 2. The van der Waals surface area contributed by atoms with Crippen LogP contribution in [-0.2, 0) is 38.4 Å². The molecule has 4 aromatic heterocycles. The number of aliphatic hydroxyl groups is 1. The molecule has 3 aliphatic heterocycles. The topological polar surface area (TPSA) is 328 Å². The van der Waals surface area contributed by atoms with Crippen molar-refractivity contribution < 1.29 is 61.5 Å². The third-order valence-electron chi connectivity index (χ3n) is 9.91. The monoisotopic (exact) mass is 953 g/mol. The first kappa shape index (κ1) is 48.5. The van der Waals surface area contributed by atoms with Crippen molar-refractivity contribution in [3.63, 3.8) is 0 Å². The maximum absolute atomic E-state index is 13.8. The normalized spacial score (nSPS) is 19.6. The largest absolute Gasteiger partial charge is 0.503 e. The van der Waals surface area contributed by atoms with Gasteiger partial charge < -0.3 is 65.0 Å². The van der Waals surface area contributed by atoms with Crippen LogP contribution in [0.1, 0.15) is 52.9 Å². The predicted octanol–water partition coefficient (Wildman–Crippen LogP) is 0.847. The molecule has 5 atom stereocenters. The molecule has 8 rings (SSSR count). The number of thioether (sulfide) groups is 1. The van der Waals surface area contributed by atoms with Gasteiger partial charge in [0.05, 0.1) is 44.9 Å². The fourth-order valence-electron chi connectivity index (χ4n) is 6.69. The Kier molecular flexibility index (Phi) is 15.3. The maximum Gasteiger partial charge on any atom is 0.351 e. The molecule has 65 heavy (non-hydrogen) atoms. The van der Waals surface area contributed by atoms with Crippen molar-refractivity contribution in [1.29, 1.82) is 0 Å². The highest BCUT2D eigenvalue weighted by Crippen LogP contribution is 2.35. The van der Waals surface area contributed by atoms with E-state index in [0.717, 1.165) is 16.8 Å². The van der Waals surface area contributed by atoms with Crippen molar-refractivity contribution in [1.82, 2.24) is 43.9 Å². The van der Waals surface area contributed by atoms with E-state index in [0.29, 0.717) is 42.6 Å². The Morgan fingerprint density at radius 3 is 2.54 bits per heavy atom. The van der Waals surface area contributed by atoms with Gasteiger partial charge in [-0.15, -0.1) is 11.8 Å². The van der Waals surface area contributed by atoms with Gasteiger partial charge in [-0.3, -0.25) is 23.5 Å². The molecule has 3 aliphatic rings. The molecular weight excluding hydrogens is 911 g/mol. The van der Waals surface area contributed by atoms with Crippen LogP contribution in [0.15, 0.2) is 52.8 Å². The summed E-state index contributed by atoms with van der Waals surface area (Å²) in [5, 5.41) is 21.6. The molecule has 0 bridgehead atoms. The standard InChI is InChI=1S/C20H19F2N3O5.C9H14N5O4P.C8H10FN3O3S/c1-10-4-5-30-15-9-24-8-13(17(26)18(27)16(24)20(29)25(10)15)19(28)23-7-11-2-3-12(21)6-14(11)22;1-6(18-5-19(15,16)17)2-14-4-13-7-8(10)11-3-12-9(7)14;9-4-1-12(8(14)11-7(4)10)5-3-16-6(2-13)15-5/h2-3,6,8,10,15,27H,4-5,7,9H2,1H3,(H,23,28);3-4,6H,2,5H2,1H3,(H2,10,11,12)(H2,15,16,17);1,5-6,13H,2-3H2,(H2,10,11,14)/t10-,15+;6-;5-,6+/m110/s1. The number of nitrogen functional groups attached to an aromatic ring is 2. The molecule has 2 amide bonds. The lowest BCUT2D eigenvalue weighted by Crippen LogP contribution is -2.57. The number of amides is 2. The smallest absolute Gasteiger partial charge is 0.351 e. The van der Waals surface area contributed by atoms with E-state index in [2.05, 4.69) is 25.3 Å². The summed E-state index contributed by atoms with van der Waals surface area (Å²) in [6.45, 7) is 4.08. The van der Waals surface area contributed by atoms with Gasteiger partial charge in [-0.25, -0.2) is 32.9 Å². The lowest BCUT2D eigenvalue weighted by Gasteiger charge is -2.44. The molecule has 1 aromatic carbocycles. The zero-order valence-electron chi connectivity index (χ0n) is 34.4. The number of benzene rings is 1. The van der Waals surface area contributed by atoms with Gasteiger partial charge in [0, 0.05) is 36.2 Å². The summed E-state index contributed by atoms with van der Waals surface area (Å²) in [5.41, 5.74) is 9.23. The number of nitrogens with one attached hydrogen (secondary N) is 1. The van der Waals surface area contributed by atoms with Crippen molar-refractivity contribution >= 4 is 54.0 Å². The van der Waals surface area contributed by atoms with Crippen molar-refractivity contribution in [2.24, 2.45) is 0 Å². The number of hydrogen-bond acceptors (Lipinski definition) is 17. The number of aromatic hydroxyl groups is 1. The molecule has 5 aromatic rings. The van der Waals surface area contributed by atoms with Gasteiger partial charge in [0.15, 0.2) is 40.8 Å². The molecule has 0 saturated carbocycles. The highest BCUT2D eigenvalue weighted by atomic mass is 32.2. The maximum atomic E-state index is 13.8. The number of hydrogen-bond donors (Lipinski definition) is 7. The Bertz CT molecular complexity index is 2740. The summed E-state index contributed by atoms with van der Waals surface area (Å²) in [6, 6.07) is 2.79. The third kappa shape index (κ3) is 11.5. The van der Waals surface area contributed by atoms with Gasteiger partial charge >= 0.3 is 13.3 Å². The minimum absolute atomic E-state index is 0.0300. The average Bonchev–Trinajstić information content (AvgIpc) is 3.90. The summed E-state index contributed by atoms with van der Waals surface area (Å²) in [4.78, 5) is 83.6. The lowest BCUT2D eigenvalue weighted by molar-refractivity contribution is -0.112. The van der Waals surface area contributed by atoms with E-state index in [1.165, 1.54) is 46.1 Å². The van der Waals surface area contributed by atoms with Gasteiger partial charge in [0.1, 0.15) is 47.1 Å². The first-order chi connectivity index (χ1) is 30.8. The number of halogens is 3. The number of carbonyl (C=O) groups excluding carboxylic acids is 2. The van der Waals surface area contributed by atoms with Crippen LogP contribution in [0.3, 0.4) is 0 Å². The second kappa shape index (κ2) is 20.5. The molecule has 2 fully saturated rings. The summed E-state index contributed by atoms with van der Waals surface area (Å²) in [6.07, 6.45) is 3.45. The van der Waals surface area contributed by atoms with Crippen LogP contribution in [0.5, 0.6) is 5.75 Å². The Morgan fingerprint density at radius 2 is 1.85 bits per heavy atom. The lowest BCUT2D eigenvalue weighted by atomic mass is 10.1. The van der Waals surface area contributed by atoms with E-state index >= 15 is 0 Å². The number of aromatic nitrogens is 7. The van der Waals surface area contributed by atoms with E-state index in [4.69, 9.17) is 40.6 Å². The van der Waals surface area contributed by atoms with Gasteiger partial charge in [0.25, 0.3) is 11.8 Å². The molecule has 2 saturated heterocycles. The number of pyridine rings is 1. The van der Waals surface area contributed by atoms with Crippen LogP contribution < -0.4 is 27.9 Å². The number of ether oxygens (including phenoxy) is 3. The highest BCUT2D eigenvalue weighted by Gasteiger charge is 2.41. The SMILES string of the molecule is C[C@@H]1CCO[C@H]2Cn3cc(C(=O)NCc4ccc(F)cc4F)c(=O)c(O)c3C(=O)N12.C[C@H](Cn1cnc2c(N)ncnc21)OCP(=O)(O)O.Nc1nc(=O)n([C@@H]2CS[C@H](CO)O2)cc1F. The van der Waals surface area contributed by atoms with E-state index in [1.54, 1.807) is 11.5 Å². The first-order valence-corrected chi connectivity index (χ1v) is 22.2. The molecule has 7 heterocycles. The second-order valence-corrected chi connectivity index (χ2v) is 17.4. The average molecular weight is 954 g/mol. The molecule has 9 N–H and O–H groups in total. The van der Waals surface area contributed by atoms with Crippen molar-refractivity contribution in [3.8, 4) is 5.75 Å². The minimum atomic E-state index is -4.16. The fourth-order valence-corrected chi connectivity index (χ4v) is 8.07. The van der Waals surface area contributed by atoms with Gasteiger partial charge in [-0.1, -0.05) is 6.07 Å². The van der Waals surface area contributed by atoms with E-state index in [9.17, 15) is 42.0 Å². The third-order valence-corrected chi connectivity index (χ3v) is 11.5. The van der Waals surface area contributed by atoms with Crippen molar-refractivity contribution in [2.45, 2.75) is 69.9 Å². The Morgan fingerprint density at radius 1 is 1.09 bits per heavy atom. The van der Waals surface area contributed by atoms with Crippen LogP contribution in [-0.4, -0.2) is 119 Å². The highest BCUT2D eigenvalue weighted by molar-refractivity contribution is 8.00. The molecule has 0 spiro atoms. The Labute approximate surface area is 369 Å². The number of fused-ring (bicyclic) bond motifs is 3. The molecule has 0 aliphatic carbocycles. The number of aliphatic hydroxyl groups excluding tert-OH is 1. The summed E-state index contributed by atoms with van der Waals surface area (Å²) in [7, 11) is -4.16. The molecular formula is C37H43F3N11O12PS. The Balaban J connectivity index is 0.000000172. The van der Waals surface area contributed by atoms with E-state index in [1.807, 2.05) is 6.92 Å². The summed E-state index contributed by atoms with van der Waals surface area (Å²) < 4.78 is 70.7. The predicted molar refractivity (Wildman–Crippen MR) is 223 cm³/mol. The first-order valence-electron chi connectivity index (χ1n) is 19.4. The molecule has 0 radical (unpaired) electrons. The van der Waals surface area contributed by atoms with Crippen LogP contribution in [0.25, 0.3) is 11.2 Å². The van der Waals surface area contributed by atoms with Gasteiger partial charge in [-0.05, 0) is 26.3 Å². The van der Waals surface area contributed by atoms with E-state index < -0.39 is 95.5 Å².